The van der Waals surface area contributed by atoms with Gasteiger partial charge in [-0.3, -0.25) is 14.3 Å². The minimum atomic E-state index is -0.451. The quantitative estimate of drug-likeness (QED) is 0.868. The van der Waals surface area contributed by atoms with Gasteiger partial charge in [0.1, 0.15) is 12.3 Å². The summed E-state index contributed by atoms with van der Waals surface area (Å²) in [6.45, 7) is 6.06. The van der Waals surface area contributed by atoms with Crippen molar-refractivity contribution in [2.45, 2.75) is 51.6 Å². The first kappa shape index (κ1) is 16.2. The predicted molar refractivity (Wildman–Crippen MR) is 86.5 cm³/mol. The van der Waals surface area contributed by atoms with E-state index in [2.05, 4.69) is 20.7 Å². The molecule has 3 rings (SSSR count). The van der Waals surface area contributed by atoms with Gasteiger partial charge in [-0.05, 0) is 12.8 Å². The first-order valence-electron chi connectivity index (χ1n) is 7.91. The molecule has 128 valence electrons. The fourth-order valence-corrected chi connectivity index (χ4v) is 2.07. The Morgan fingerprint density at radius 1 is 1.33 bits per heavy atom. The Kier molecular flexibility index (Phi) is 4.13. The molecule has 2 N–H and O–H groups in total. The molecule has 0 atom stereocenters. The number of nitrogens with zero attached hydrogens (tertiary/aromatic N) is 3. The molecule has 0 bridgehead atoms. The molecule has 2 aromatic heterocycles. The number of hydrogen-bond acceptors (Lipinski definition) is 5. The van der Waals surface area contributed by atoms with Crippen molar-refractivity contribution < 1.29 is 14.0 Å². The number of anilines is 1. The zero-order valence-corrected chi connectivity index (χ0v) is 14.0. The Hall–Kier alpha value is -2.64. The Morgan fingerprint density at radius 3 is 2.71 bits per heavy atom. The summed E-state index contributed by atoms with van der Waals surface area (Å²) in [5.41, 5.74) is 0.264. The minimum Gasteiger partial charge on any atom is -0.437 e. The fraction of sp³-hybridized carbons (Fsp3) is 0.500. The average molecular weight is 331 g/mol. The van der Waals surface area contributed by atoms with Crippen LogP contribution in [-0.2, 0) is 16.8 Å². The molecule has 2 heterocycles. The third kappa shape index (κ3) is 4.01. The van der Waals surface area contributed by atoms with Crippen LogP contribution in [0, 0.1) is 0 Å². The molecule has 1 saturated carbocycles. The molecule has 1 aliphatic rings. The molecule has 2 aromatic rings. The van der Waals surface area contributed by atoms with E-state index in [-0.39, 0.29) is 23.8 Å². The van der Waals surface area contributed by atoms with E-state index in [1.165, 1.54) is 10.9 Å². The summed E-state index contributed by atoms with van der Waals surface area (Å²) in [6.07, 6.45) is 6.71. The van der Waals surface area contributed by atoms with Gasteiger partial charge in [-0.2, -0.15) is 5.10 Å². The largest absolute Gasteiger partial charge is 0.437 e. The highest BCUT2D eigenvalue weighted by atomic mass is 16.4. The van der Waals surface area contributed by atoms with E-state index in [1.54, 1.807) is 12.4 Å². The normalized spacial score (nSPS) is 14.5. The first-order chi connectivity index (χ1) is 11.3. The second kappa shape index (κ2) is 6.10. The van der Waals surface area contributed by atoms with Crippen LogP contribution in [0.3, 0.4) is 0 Å². The monoisotopic (exact) mass is 331 g/mol. The third-order valence-electron chi connectivity index (χ3n) is 3.58. The van der Waals surface area contributed by atoms with Gasteiger partial charge in [0.2, 0.25) is 5.91 Å². The number of hydrogen-bond donors (Lipinski definition) is 2. The van der Waals surface area contributed by atoms with Crippen LogP contribution in [0.2, 0.25) is 0 Å². The average Bonchev–Trinajstić information content (AvgIpc) is 3.00. The highest BCUT2D eigenvalue weighted by Gasteiger charge is 2.24. The number of rotatable bonds is 5. The molecule has 8 heteroatoms. The van der Waals surface area contributed by atoms with Crippen molar-refractivity contribution in [2.75, 3.05) is 5.32 Å². The molecule has 1 aliphatic carbocycles. The van der Waals surface area contributed by atoms with Crippen molar-refractivity contribution in [3.63, 3.8) is 0 Å². The SMILES string of the molecule is CC(C)(C)c1cnc(C(=O)Nc2cnn(CC(=O)NC3CC3)c2)o1. The molecule has 0 spiro atoms. The molecule has 0 unspecified atom stereocenters. The van der Waals surface area contributed by atoms with Gasteiger partial charge < -0.3 is 15.1 Å². The number of aromatic nitrogens is 3. The molecule has 0 saturated heterocycles. The van der Waals surface area contributed by atoms with E-state index >= 15 is 0 Å². The molecule has 0 aliphatic heterocycles. The molecule has 2 amide bonds. The second-order valence-electron chi connectivity index (χ2n) is 7.00. The van der Waals surface area contributed by atoms with Gasteiger partial charge >= 0.3 is 5.91 Å². The van der Waals surface area contributed by atoms with E-state index in [9.17, 15) is 9.59 Å². The Bertz CT molecular complexity index is 752. The Labute approximate surface area is 139 Å². The van der Waals surface area contributed by atoms with Gasteiger partial charge in [0.15, 0.2) is 0 Å². The molecular weight excluding hydrogens is 310 g/mol. The fourth-order valence-electron chi connectivity index (χ4n) is 2.07. The maximum atomic E-state index is 12.2. The van der Waals surface area contributed by atoms with Crippen molar-refractivity contribution in [2.24, 2.45) is 0 Å². The standard InChI is InChI=1S/C16H21N5O3/c1-16(2,3)12-7-17-15(24-12)14(23)20-11-6-18-21(8-11)9-13(22)19-10-4-5-10/h6-8,10H,4-5,9H2,1-3H3,(H,19,22)(H,20,23). The summed E-state index contributed by atoms with van der Waals surface area (Å²) in [6, 6.07) is 0.314. The number of carbonyl (C=O) groups is 2. The Morgan fingerprint density at radius 2 is 2.08 bits per heavy atom. The van der Waals surface area contributed by atoms with Crippen LogP contribution >= 0.6 is 0 Å². The number of carbonyl (C=O) groups excluding carboxylic acids is 2. The second-order valence-corrected chi connectivity index (χ2v) is 7.00. The minimum absolute atomic E-state index is 0.000786. The summed E-state index contributed by atoms with van der Waals surface area (Å²) in [4.78, 5) is 27.9. The zero-order chi connectivity index (χ0) is 17.3. The molecule has 8 nitrogen and oxygen atoms in total. The molecule has 0 aromatic carbocycles. The van der Waals surface area contributed by atoms with E-state index < -0.39 is 5.91 Å². The Balaban J connectivity index is 1.58. The predicted octanol–water partition coefficient (Wildman–Crippen LogP) is 1.70. The van der Waals surface area contributed by atoms with Crippen LogP contribution < -0.4 is 10.6 Å². The van der Waals surface area contributed by atoms with E-state index in [4.69, 9.17) is 4.42 Å². The van der Waals surface area contributed by atoms with Crippen molar-refractivity contribution in [1.82, 2.24) is 20.1 Å². The molecular formula is C16H21N5O3. The highest BCUT2D eigenvalue weighted by molar-refractivity contribution is 6.00. The van der Waals surface area contributed by atoms with Crippen molar-refractivity contribution >= 4 is 17.5 Å². The lowest BCUT2D eigenvalue weighted by molar-refractivity contribution is -0.122. The lowest BCUT2D eigenvalue weighted by atomic mass is 9.94. The van der Waals surface area contributed by atoms with Crippen molar-refractivity contribution in [3.8, 4) is 0 Å². The van der Waals surface area contributed by atoms with Gasteiger partial charge in [-0.15, -0.1) is 0 Å². The maximum absolute atomic E-state index is 12.2. The van der Waals surface area contributed by atoms with Crippen LogP contribution in [0.4, 0.5) is 5.69 Å². The van der Waals surface area contributed by atoms with Crippen LogP contribution in [0.15, 0.2) is 23.0 Å². The number of oxazole rings is 1. The van der Waals surface area contributed by atoms with Crippen molar-refractivity contribution in [1.29, 1.82) is 0 Å². The zero-order valence-electron chi connectivity index (χ0n) is 14.0. The van der Waals surface area contributed by atoms with Gasteiger partial charge in [0, 0.05) is 17.7 Å². The smallest absolute Gasteiger partial charge is 0.311 e. The highest BCUT2D eigenvalue weighted by Crippen LogP contribution is 2.23. The summed E-state index contributed by atoms with van der Waals surface area (Å²) >= 11 is 0. The van der Waals surface area contributed by atoms with Gasteiger partial charge in [0.25, 0.3) is 5.89 Å². The van der Waals surface area contributed by atoms with Crippen LogP contribution in [0.1, 0.15) is 50.1 Å². The molecule has 24 heavy (non-hydrogen) atoms. The van der Waals surface area contributed by atoms with Crippen LogP contribution in [0.25, 0.3) is 0 Å². The van der Waals surface area contributed by atoms with Crippen molar-refractivity contribution in [3.05, 3.63) is 30.2 Å². The van der Waals surface area contributed by atoms with Gasteiger partial charge in [0.05, 0.1) is 18.1 Å². The molecule has 1 fully saturated rings. The molecule has 0 radical (unpaired) electrons. The summed E-state index contributed by atoms with van der Waals surface area (Å²) in [7, 11) is 0. The lowest BCUT2D eigenvalue weighted by Gasteiger charge is -2.12. The number of amides is 2. The van der Waals surface area contributed by atoms with E-state index in [0.29, 0.717) is 17.5 Å². The summed E-state index contributed by atoms with van der Waals surface area (Å²) in [5.74, 6) is 0.104. The topological polar surface area (TPSA) is 102 Å². The van der Waals surface area contributed by atoms with Gasteiger partial charge in [-0.1, -0.05) is 20.8 Å². The van der Waals surface area contributed by atoms with E-state index in [1.807, 2.05) is 20.8 Å². The maximum Gasteiger partial charge on any atom is 0.311 e. The lowest BCUT2D eigenvalue weighted by Crippen LogP contribution is -2.29. The van der Waals surface area contributed by atoms with Gasteiger partial charge in [-0.25, -0.2) is 4.98 Å². The van der Waals surface area contributed by atoms with Crippen LogP contribution in [-0.4, -0.2) is 32.6 Å². The third-order valence-corrected chi connectivity index (χ3v) is 3.58. The number of nitrogens with one attached hydrogen (secondary N) is 2. The summed E-state index contributed by atoms with van der Waals surface area (Å²) in [5, 5.41) is 9.61. The van der Waals surface area contributed by atoms with E-state index in [0.717, 1.165) is 12.8 Å². The first-order valence-corrected chi connectivity index (χ1v) is 7.91. The summed E-state index contributed by atoms with van der Waals surface area (Å²) < 4.78 is 6.97. The van der Waals surface area contributed by atoms with Crippen LogP contribution in [0.5, 0.6) is 0 Å².